The molecule has 0 unspecified atom stereocenters. The molecule has 1 fully saturated rings. The van der Waals surface area contributed by atoms with E-state index < -0.39 is 0 Å². The first kappa shape index (κ1) is 25.2. The van der Waals surface area contributed by atoms with E-state index in [2.05, 4.69) is 28.2 Å². The number of aromatic nitrogens is 3. The highest BCUT2D eigenvalue weighted by Gasteiger charge is 2.23. The summed E-state index contributed by atoms with van der Waals surface area (Å²) in [5.74, 6) is 1.43. The summed E-state index contributed by atoms with van der Waals surface area (Å²) in [4.78, 5) is 32.7. The van der Waals surface area contributed by atoms with Gasteiger partial charge in [0.25, 0.3) is 5.56 Å². The molecule has 1 aliphatic heterocycles. The third-order valence-electron chi connectivity index (χ3n) is 8.13. The molecule has 7 nitrogen and oxygen atoms in total. The van der Waals surface area contributed by atoms with Crippen molar-refractivity contribution < 1.29 is 4.74 Å². The van der Waals surface area contributed by atoms with Crippen LogP contribution in [0, 0.1) is 0 Å². The third-order valence-corrected chi connectivity index (χ3v) is 8.13. The highest BCUT2D eigenvalue weighted by Crippen LogP contribution is 2.34. The van der Waals surface area contributed by atoms with Gasteiger partial charge in [-0.15, -0.1) is 0 Å². The summed E-state index contributed by atoms with van der Waals surface area (Å²) in [5.41, 5.74) is 4.10. The van der Waals surface area contributed by atoms with Gasteiger partial charge in [-0.25, -0.2) is 4.79 Å². The van der Waals surface area contributed by atoms with Gasteiger partial charge in [0.05, 0.1) is 18.2 Å². The summed E-state index contributed by atoms with van der Waals surface area (Å²) in [6.07, 6.45) is 7.87. The van der Waals surface area contributed by atoms with Gasteiger partial charge in [0, 0.05) is 29.8 Å². The Morgan fingerprint density at radius 1 is 0.923 bits per heavy atom. The molecule has 0 spiro atoms. The molecule has 2 aromatic carbocycles. The van der Waals surface area contributed by atoms with Gasteiger partial charge in [-0.3, -0.25) is 13.8 Å². The highest BCUT2D eigenvalue weighted by atomic mass is 16.5. The lowest BCUT2D eigenvalue weighted by Gasteiger charge is -2.32. The molecule has 0 aliphatic carbocycles. The van der Waals surface area contributed by atoms with Crippen molar-refractivity contribution >= 4 is 16.4 Å². The second-order valence-electron chi connectivity index (χ2n) is 10.4. The number of unbranched alkanes of at least 4 members (excludes halogenated alkanes) is 1. The van der Waals surface area contributed by atoms with Gasteiger partial charge in [0.2, 0.25) is 0 Å². The van der Waals surface area contributed by atoms with Crippen molar-refractivity contribution in [2.24, 2.45) is 0 Å². The van der Waals surface area contributed by atoms with Crippen LogP contribution in [0.2, 0.25) is 0 Å². The van der Waals surface area contributed by atoms with E-state index in [0.717, 1.165) is 62.1 Å². The fourth-order valence-corrected chi connectivity index (χ4v) is 6.01. The third kappa shape index (κ3) is 4.90. The molecule has 5 aromatic rings. The number of ether oxygens (including phenoxy) is 1. The Bertz CT molecular complexity index is 1710. The normalized spacial score (nSPS) is 14.8. The van der Waals surface area contributed by atoms with Crippen LogP contribution in [-0.4, -0.2) is 45.6 Å². The molecule has 7 heteroatoms. The number of nitrogens with one attached hydrogen (secondary N) is 1. The van der Waals surface area contributed by atoms with Gasteiger partial charge in [-0.05, 0) is 92.7 Å². The zero-order valence-corrected chi connectivity index (χ0v) is 22.3. The quantitative estimate of drug-likeness (QED) is 0.282. The Hall–Kier alpha value is -4.10. The van der Waals surface area contributed by atoms with Gasteiger partial charge < -0.3 is 14.6 Å². The number of likely N-dealkylation sites (tertiary alicyclic amines) is 1. The summed E-state index contributed by atoms with van der Waals surface area (Å²) in [6.45, 7) is 3.50. The molecule has 1 aliphatic rings. The van der Waals surface area contributed by atoms with Crippen molar-refractivity contribution in [3.8, 4) is 16.9 Å². The number of pyridine rings is 1. The smallest absolute Gasteiger partial charge is 0.335 e. The summed E-state index contributed by atoms with van der Waals surface area (Å²) < 4.78 is 8.44. The largest absolute Gasteiger partial charge is 0.497 e. The van der Waals surface area contributed by atoms with E-state index in [1.165, 1.54) is 15.5 Å². The Morgan fingerprint density at radius 3 is 2.49 bits per heavy atom. The fraction of sp³-hybridized carbons (Fsp3) is 0.312. The van der Waals surface area contributed by atoms with Crippen molar-refractivity contribution in [3.05, 3.63) is 106 Å². The van der Waals surface area contributed by atoms with Gasteiger partial charge in [-0.1, -0.05) is 36.4 Å². The van der Waals surface area contributed by atoms with Crippen molar-refractivity contribution in [2.75, 3.05) is 26.7 Å². The van der Waals surface area contributed by atoms with Crippen LogP contribution in [0.3, 0.4) is 0 Å². The van der Waals surface area contributed by atoms with E-state index in [0.29, 0.717) is 23.5 Å². The topological polar surface area (TPSA) is 71.7 Å². The van der Waals surface area contributed by atoms with E-state index in [9.17, 15) is 9.59 Å². The van der Waals surface area contributed by atoms with Gasteiger partial charge >= 0.3 is 5.69 Å². The Kier molecular flexibility index (Phi) is 7.07. The average molecular weight is 523 g/mol. The number of nitrogens with zero attached hydrogens (tertiary/aromatic N) is 3. The van der Waals surface area contributed by atoms with E-state index in [1.807, 2.05) is 54.6 Å². The Balaban J connectivity index is 1.10. The predicted molar refractivity (Wildman–Crippen MR) is 156 cm³/mol. The minimum absolute atomic E-state index is 0.214. The molecule has 0 bridgehead atoms. The molecule has 0 atom stereocenters. The van der Waals surface area contributed by atoms with Crippen molar-refractivity contribution in [3.63, 3.8) is 0 Å². The number of hydrogen-bond donors (Lipinski definition) is 1. The average Bonchev–Trinajstić information content (AvgIpc) is 3.41. The van der Waals surface area contributed by atoms with E-state index in [4.69, 9.17) is 4.74 Å². The molecule has 200 valence electrons. The maximum Gasteiger partial charge on any atom is 0.335 e. The minimum Gasteiger partial charge on any atom is -0.497 e. The van der Waals surface area contributed by atoms with Crippen LogP contribution in [0.4, 0.5) is 0 Å². The number of fused-ring (bicyclic) bond motifs is 2. The Labute approximate surface area is 227 Å². The number of aromatic amines is 1. The molecule has 39 heavy (non-hydrogen) atoms. The van der Waals surface area contributed by atoms with Crippen LogP contribution in [0.5, 0.6) is 5.75 Å². The summed E-state index contributed by atoms with van der Waals surface area (Å²) in [7, 11) is 1.71. The molecule has 3 aromatic heterocycles. The van der Waals surface area contributed by atoms with Crippen LogP contribution in [-0.2, 0) is 6.54 Å². The molecular weight excluding hydrogens is 488 g/mol. The van der Waals surface area contributed by atoms with E-state index in [1.54, 1.807) is 17.7 Å². The predicted octanol–water partition coefficient (Wildman–Crippen LogP) is 5.28. The molecule has 6 rings (SSSR count). The van der Waals surface area contributed by atoms with Crippen molar-refractivity contribution in [2.45, 2.75) is 38.1 Å². The van der Waals surface area contributed by atoms with Gasteiger partial charge in [-0.2, -0.15) is 0 Å². The fourth-order valence-electron chi connectivity index (χ4n) is 6.01. The second kappa shape index (κ2) is 10.9. The number of piperidine rings is 1. The first-order valence-electron chi connectivity index (χ1n) is 13.8. The number of hydrogen-bond acceptors (Lipinski definition) is 4. The number of rotatable bonds is 8. The first-order chi connectivity index (χ1) is 19.1. The lowest BCUT2D eigenvalue weighted by atomic mass is 9.89. The second-order valence-corrected chi connectivity index (χ2v) is 10.4. The summed E-state index contributed by atoms with van der Waals surface area (Å²) in [5, 5.41) is 1.26. The van der Waals surface area contributed by atoms with Crippen molar-refractivity contribution in [1.82, 2.24) is 18.9 Å². The first-order valence-corrected chi connectivity index (χ1v) is 13.8. The summed E-state index contributed by atoms with van der Waals surface area (Å²) >= 11 is 0. The zero-order valence-electron chi connectivity index (χ0n) is 22.3. The van der Waals surface area contributed by atoms with Crippen molar-refractivity contribution in [1.29, 1.82) is 0 Å². The maximum atomic E-state index is 13.5. The molecule has 4 heterocycles. The van der Waals surface area contributed by atoms with Crippen LogP contribution < -0.4 is 16.0 Å². The van der Waals surface area contributed by atoms with Crippen LogP contribution >= 0.6 is 0 Å². The minimum atomic E-state index is -0.272. The van der Waals surface area contributed by atoms with Gasteiger partial charge in [0.15, 0.2) is 0 Å². The lowest BCUT2D eigenvalue weighted by molar-refractivity contribution is 0.208. The van der Waals surface area contributed by atoms with Crippen LogP contribution in [0.1, 0.15) is 37.2 Å². The monoisotopic (exact) mass is 522 g/mol. The highest BCUT2D eigenvalue weighted by molar-refractivity contribution is 5.85. The molecule has 0 saturated carbocycles. The molecule has 1 N–H and O–H groups in total. The number of H-pyrrole nitrogens is 1. The number of methoxy groups -OCH3 is 1. The maximum absolute atomic E-state index is 13.5. The SMILES string of the molecule is COc1ccc2[nH]cc(C3CCN(CCCCn4c(=O)c(-c5ccccc5)c5ccccn5c4=O)CC3)c2c1. The zero-order chi connectivity index (χ0) is 26.8. The van der Waals surface area contributed by atoms with Crippen LogP contribution in [0.25, 0.3) is 27.5 Å². The van der Waals surface area contributed by atoms with E-state index in [-0.39, 0.29) is 11.2 Å². The number of benzene rings is 2. The van der Waals surface area contributed by atoms with Gasteiger partial charge in [0.1, 0.15) is 5.75 Å². The lowest BCUT2D eigenvalue weighted by Crippen LogP contribution is -2.39. The standard InChI is InChI=1S/C32H34N4O3/c1-39-25-12-13-28-26(21-25)27(22-33-28)23-14-19-34(20-15-23)16-7-8-18-36-31(37)30(24-9-3-2-4-10-24)29-11-5-6-17-35(29)32(36)38/h2-6,9-13,17,21-23,33H,7-8,14-16,18-20H2,1H3. The molecule has 1 saturated heterocycles. The summed E-state index contributed by atoms with van der Waals surface area (Å²) in [6, 6.07) is 21.4. The molecule has 0 radical (unpaired) electrons. The van der Waals surface area contributed by atoms with Crippen LogP contribution in [0.15, 0.2) is 88.7 Å². The van der Waals surface area contributed by atoms with E-state index >= 15 is 0 Å². The molecular formula is C32H34N4O3. The Morgan fingerprint density at radius 2 is 1.69 bits per heavy atom. The molecule has 0 amide bonds.